The van der Waals surface area contributed by atoms with E-state index in [-0.39, 0.29) is 56.5 Å². The van der Waals surface area contributed by atoms with Crippen molar-refractivity contribution in [1.82, 2.24) is 0 Å². The molecule has 200 valence electrons. The molecule has 0 amide bonds. The van der Waals surface area contributed by atoms with Gasteiger partial charge in [0, 0.05) is 23.7 Å². The van der Waals surface area contributed by atoms with E-state index in [0.29, 0.717) is 11.8 Å². The third-order valence-corrected chi connectivity index (χ3v) is 13.7. The van der Waals surface area contributed by atoms with Crippen molar-refractivity contribution < 1.29 is 19.1 Å². The van der Waals surface area contributed by atoms with Crippen LogP contribution in [0.25, 0.3) is 0 Å². The Morgan fingerprint density at radius 2 is 1.61 bits per heavy atom. The summed E-state index contributed by atoms with van der Waals surface area (Å²) in [6, 6.07) is 0. The highest BCUT2D eigenvalue weighted by molar-refractivity contribution is 5.82. The van der Waals surface area contributed by atoms with Gasteiger partial charge in [-0.1, -0.05) is 54.5 Å². The van der Waals surface area contributed by atoms with Crippen molar-refractivity contribution in [2.24, 2.45) is 50.2 Å². The first-order chi connectivity index (χ1) is 16.6. The summed E-state index contributed by atoms with van der Waals surface area (Å²) in [4.78, 5) is 25.6. The van der Waals surface area contributed by atoms with Crippen LogP contribution in [0.3, 0.4) is 0 Å². The molecular weight excluding hydrogens is 448 g/mol. The lowest BCUT2D eigenvalue weighted by Crippen LogP contribution is -2.70. The van der Waals surface area contributed by atoms with E-state index in [4.69, 9.17) is 9.47 Å². The molecule has 0 aromatic rings. The lowest BCUT2D eigenvalue weighted by Gasteiger charge is -2.72. The van der Waals surface area contributed by atoms with Gasteiger partial charge in [-0.3, -0.25) is 9.59 Å². The van der Waals surface area contributed by atoms with Crippen molar-refractivity contribution in [3.05, 3.63) is 12.2 Å². The van der Waals surface area contributed by atoms with Crippen LogP contribution in [0.4, 0.5) is 0 Å². The van der Waals surface area contributed by atoms with Crippen LogP contribution in [0, 0.1) is 50.2 Å². The van der Waals surface area contributed by atoms with Crippen molar-refractivity contribution in [2.75, 3.05) is 0 Å². The maximum Gasteiger partial charge on any atom is 0.313 e. The van der Waals surface area contributed by atoms with Gasteiger partial charge in [0.25, 0.3) is 0 Å². The molecular formula is C32H48O4. The van der Waals surface area contributed by atoms with Crippen LogP contribution in [0.15, 0.2) is 12.2 Å². The largest absolute Gasteiger partial charge is 0.462 e. The topological polar surface area (TPSA) is 52.6 Å². The third-order valence-electron chi connectivity index (χ3n) is 13.7. The van der Waals surface area contributed by atoms with Crippen LogP contribution in [-0.4, -0.2) is 23.6 Å². The Bertz CT molecular complexity index is 1040. The van der Waals surface area contributed by atoms with Crippen molar-refractivity contribution in [2.45, 2.75) is 125 Å². The molecule has 3 unspecified atom stereocenters. The van der Waals surface area contributed by atoms with Gasteiger partial charge in [0.05, 0.1) is 5.41 Å². The Kier molecular flexibility index (Phi) is 4.86. The van der Waals surface area contributed by atoms with Crippen LogP contribution < -0.4 is 0 Å². The maximum absolute atomic E-state index is 13.7. The molecule has 1 aliphatic heterocycles. The summed E-state index contributed by atoms with van der Waals surface area (Å²) in [7, 11) is 0. The molecule has 6 aliphatic rings. The summed E-state index contributed by atoms with van der Waals surface area (Å²) in [6.45, 7) is 18.5. The molecule has 2 bridgehead atoms. The number of ether oxygens (including phenoxy) is 2. The molecule has 1 saturated heterocycles. The maximum atomic E-state index is 13.7. The van der Waals surface area contributed by atoms with Gasteiger partial charge in [0.1, 0.15) is 11.7 Å². The Hall–Kier alpha value is -1.32. The monoisotopic (exact) mass is 496 g/mol. The highest BCUT2D eigenvalue weighted by Gasteiger charge is 2.80. The second-order valence-electron chi connectivity index (χ2n) is 15.9. The first kappa shape index (κ1) is 25.0. The Morgan fingerprint density at radius 1 is 0.917 bits per heavy atom. The van der Waals surface area contributed by atoms with E-state index in [0.717, 1.165) is 57.8 Å². The van der Waals surface area contributed by atoms with Gasteiger partial charge in [-0.25, -0.2) is 0 Å². The Morgan fingerprint density at radius 3 is 2.31 bits per heavy atom. The van der Waals surface area contributed by atoms with E-state index in [1.54, 1.807) is 6.92 Å². The fraction of sp³-hybridized carbons (Fsp3) is 0.875. The summed E-state index contributed by atoms with van der Waals surface area (Å²) < 4.78 is 12.6. The van der Waals surface area contributed by atoms with Gasteiger partial charge in [-0.15, -0.1) is 0 Å². The summed E-state index contributed by atoms with van der Waals surface area (Å²) in [6.07, 6.45) is 14.5. The molecule has 1 heterocycles. The lowest BCUT2D eigenvalue weighted by atomic mass is 9.32. The number of carbonyl (C=O) groups is 2. The average Bonchev–Trinajstić information content (AvgIpc) is 2.94. The zero-order valence-electron chi connectivity index (χ0n) is 24.0. The van der Waals surface area contributed by atoms with Crippen LogP contribution >= 0.6 is 0 Å². The fourth-order valence-electron chi connectivity index (χ4n) is 11.5. The van der Waals surface area contributed by atoms with Gasteiger partial charge in [0.2, 0.25) is 0 Å². The third kappa shape index (κ3) is 2.68. The predicted molar refractivity (Wildman–Crippen MR) is 140 cm³/mol. The van der Waals surface area contributed by atoms with Gasteiger partial charge >= 0.3 is 11.9 Å². The van der Waals surface area contributed by atoms with E-state index < -0.39 is 5.60 Å². The summed E-state index contributed by atoms with van der Waals surface area (Å²) in [5, 5.41) is 0. The van der Waals surface area contributed by atoms with Crippen LogP contribution in [0.5, 0.6) is 0 Å². The molecule has 5 fully saturated rings. The predicted octanol–water partition coefficient (Wildman–Crippen LogP) is 7.26. The fourth-order valence-corrected chi connectivity index (χ4v) is 11.5. The molecule has 4 nitrogen and oxygen atoms in total. The van der Waals surface area contributed by atoms with Gasteiger partial charge in [-0.2, -0.15) is 0 Å². The number of allylic oxidation sites excluding steroid dienone is 1. The van der Waals surface area contributed by atoms with Crippen molar-refractivity contribution >= 4 is 11.9 Å². The molecule has 0 radical (unpaired) electrons. The van der Waals surface area contributed by atoms with Crippen molar-refractivity contribution in [3.8, 4) is 0 Å². The molecule has 36 heavy (non-hydrogen) atoms. The van der Waals surface area contributed by atoms with Gasteiger partial charge < -0.3 is 9.47 Å². The highest BCUT2D eigenvalue weighted by atomic mass is 16.6. The Balaban J connectivity index is 1.45. The second kappa shape index (κ2) is 7.00. The lowest BCUT2D eigenvalue weighted by molar-refractivity contribution is -0.244. The van der Waals surface area contributed by atoms with E-state index in [2.05, 4.69) is 60.6 Å². The minimum atomic E-state index is -0.473. The molecule has 0 aromatic carbocycles. The number of esters is 2. The van der Waals surface area contributed by atoms with Crippen LogP contribution in [0.1, 0.15) is 113 Å². The minimum absolute atomic E-state index is 0.0116. The zero-order chi connectivity index (χ0) is 26.2. The average molecular weight is 497 g/mol. The zero-order valence-corrected chi connectivity index (χ0v) is 24.0. The van der Waals surface area contributed by atoms with Crippen molar-refractivity contribution in [1.29, 1.82) is 0 Å². The normalized spacial score (nSPS) is 53.8. The number of fused-ring (bicyclic) bond motifs is 4. The van der Waals surface area contributed by atoms with E-state index in [1.165, 1.54) is 0 Å². The number of carbonyl (C=O) groups excluding carboxylic acids is 2. The Labute approximate surface area is 218 Å². The van der Waals surface area contributed by atoms with Crippen LogP contribution in [0.2, 0.25) is 0 Å². The molecule has 9 atom stereocenters. The molecule has 4 saturated carbocycles. The first-order valence-corrected chi connectivity index (χ1v) is 14.7. The number of hydrogen-bond donors (Lipinski definition) is 0. The summed E-state index contributed by atoms with van der Waals surface area (Å²) in [5.74, 6) is 1.15. The van der Waals surface area contributed by atoms with E-state index in [1.807, 2.05) is 0 Å². The summed E-state index contributed by atoms with van der Waals surface area (Å²) >= 11 is 0. The minimum Gasteiger partial charge on any atom is -0.462 e. The molecule has 0 aromatic heterocycles. The van der Waals surface area contributed by atoms with E-state index >= 15 is 0 Å². The first-order valence-electron chi connectivity index (χ1n) is 14.7. The summed E-state index contributed by atoms with van der Waals surface area (Å²) in [5.41, 5.74) is -0.418. The molecule has 5 aliphatic carbocycles. The molecule has 1 spiro atoms. The van der Waals surface area contributed by atoms with Gasteiger partial charge in [0.15, 0.2) is 0 Å². The number of rotatable bonds is 1. The quantitative estimate of drug-likeness (QED) is 0.283. The van der Waals surface area contributed by atoms with Crippen molar-refractivity contribution in [3.63, 3.8) is 0 Å². The van der Waals surface area contributed by atoms with E-state index in [9.17, 15) is 9.59 Å². The molecule has 0 N–H and O–H groups in total. The standard InChI is InChI=1S/C32H48O4/c1-20(33)35-24-11-12-28(6)21(27(24,4)5)9-13-29(7)22(28)10-14-32-23-19-26(2,3)15-17-31(23,25(34)36-32)18-16-30(29,32)8/h10,14,21-24H,9,11-13,15-19H2,1-8H3/t21?,22?,23?,24-,28+,29-,30+,31+,32+/m1/s1. The van der Waals surface area contributed by atoms with Crippen LogP contribution in [-0.2, 0) is 19.1 Å². The highest BCUT2D eigenvalue weighted by Crippen LogP contribution is 2.79. The second-order valence-corrected chi connectivity index (χ2v) is 15.9. The molecule has 4 heteroatoms. The smallest absolute Gasteiger partial charge is 0.313 e. The number of hydrogen-bond acceptors (Lipinski definition) is 4. The molecule has 6 rings (SSSR count). The van der Waals surface area contributed by atoms with Gasteiger partial charge in [-0.05, 0) is 91.9 Å². The SMILES string of the molecule is CC(=O)O[C@@H]1CC[C@@]2(C)C(CC[C@]3(C)C2C=C[C@]24OC(=O)[C@@]5(CCC(C)(C)CC52)CC[C@]43C)C1(C)C.